The van der Waals surface area contributed by atoms with E-state index >= 15 is 0 Å². The Balaban J connectivity index is 2.84. The zero-order valence-electron chi connectivity index (χ0n) is 7.79. The van der Waals surface area contributed by atoms with Gasteiger partial charge in [-0.1, -0.05) is 24.6 Å². The number of hydrogen-bond acceptors (Lipinski definition) is 2. The Kier molecular flexibility index (Phi) is 4.29. The maximum Gasteiger partial charge on any atom is 0.307 e. The van der Waals surface area contributed by atoms with Gasteiger partial charge in [0.2, 0.25) is 0 Å². The highest BCUT2D eigenvalue weighted by Crippen LogP contribution is 2.25. The lowest BCUT2D eigenvalue weighted by atomic mass is 10.1. The molecule has 0 unspecified atom stereocenters. The third-order valence-corrected chi connectivity index (χ3v) is 2.91. The molecule has 0 aliphatic heterocycles. The number of thioether (sulfide) groups is 1. The average molecular weight is 231 g/mol. The Morgan fingerprint density at radius 3 is 2.79 bits per heavy atom. The van der Waals surface area contributed by atoms with Crippen LogP contribution in [-0.4, -0.2) is 16.8 Å². The molecule has 0 radical (unpaired) electrons. The maximum atomic E-state index is 10.5. The summed E-state index contributed by atoms with van der Waals surface area (Å²) in [7, 11) is 0. The van der Waals surface area contributed by atoms with Crippen LogP contribution in [0.4, 0.5) is 0 Å². The van der Waals surface area contributed by atoms with Crippen molar-refractivity contribution >= 4 is 29.3 Å². The molecule has 1 aromatic rings. The number of hydrogen-bond donors (Lipinski definition) is 1. The first-order valence-corrected chi connectivity index (χ1v) is 5.63. The van der Waals surface area contributed by atoms with E-state index in [2.05, 4.69) is 6.92 Å². The zero-order chi connectivity index (χ0) is 10.6. The average Bonchev–Trinajstić information content (AvgIpc) is 2.10. The van der Waals surface area contributed by atoms with E-state index in [0.717, 1.165) is 10.6 Å². The summed E-state index contributed by atoms with van der Waals surface area (Å²) in [5.74, 6) is 0.122. The van der Waals surface area contributed by atoms with Gasteiger partial charge in [-0.3, -0.25) is 4.79 Å². The number of carbonyl (C=O) groups is 1. The van der Waals surface area contributed by atoms with Gasteiger partial charge >= 0.3 is 5.97 Å². The van der Waals surface area contributed by atoms with Crippen LogP contribution in [0.2, 0.25) is 5.02 Å². The molecule has 14 heavy (non-hydrogen) atoms. The topological polar surface area (TPSA) is 37.3 Å². The van der Waals surface area contributed by atoms with Crippen LogP contribution in [0.25, 0.3) is 0 Å². The van der Waals surface area contributed by atoms with Crippen LogP contribution in [0.5, 0.6) is 0 Å². The molecule has 0 fully saturated rings. The molecule has 0 aromatic heterocycles. The third-order valence-electron chi connectivity index (χ3n) is 1.68. The Bertz CT molecular complexity index is 339. The normalized spacial score (nSPS) is 10.1. The molecule has 0 saturated heterocycles. The molecule has 0 amide bonds. The van der Waals surface area contributed by atoms with Crippen molar-refractivity contribution in [2.24, 2.45) is 0 Å². The van der Waals surface area contributed by atoms with Crippen molar-refractivity contribution in [2.75, 3.05) is 5.75 Å². The van der Waals surface area contributed by atoms with E-state index < -0.39 is 5.97 Å². The molecule has 0 aliphatic rings. The number of halogens is 1. The Morgan fingerprint density at radius 1 is 1.57 bits per heavy atom. The lowest BCUT2D eigenvalue weighted by Gasteiger charge is -2.03. The fourth-order valence-electron chi connectivity index (χ4n) is 1.09. The Hall–Kier alpha value is -0.670. The van der Waals surface area contributed by atoms with Gasteiger partial charge in [0.15, 0.2) is 0 Å². The molecule has 0 aliphatic carbocycles. The second kappa shape index (κ2) is 5.27. The van der Waals surface area contributed by atoms with E-state index in [1.165, 1.54) is 0 Å². The summed E-state index contributed by atoms with van der Waals surface area (Å²) in [5, 5.41) is 9.13. The van der Waals surface area contributed by atoms with E-state index in [-0.39, 0.29) is 6.42 Å². The van der Waals surface area contributed by atoms with Crippen molar-refractivity contribution < 1.29 is 9.90 Å². The first-order valence-electron chi connectivity index (χ1n) is 4.26. The largest absolute Gasteiger partial charge is 0.481 e. The van der Waals surface area contributed by atoms with Crippen molar-refractivity contribution in [3.63, 3.8) is 0 Å². The second-order valence-corrected chi connectivity index (χ2v) is 4.50. The van der Waals surface area contributed by atoms with Gasteiger partial charge in [-0.05, 0) is 23.4 Å². The molecule has 0 saturated carbocycles. The molecular formula is C10H11ClO2S. The highest BCUT2D eigenvalue weighted by Gasteiger charge is 2.05. The summed E-state index contributed by atoms with van der Waals surface area (Å²) >= 11 is 7.62. The first kappa shape index (κ1) is 11.4. The molecule has 76 valence electrons. The second-order valence-electron chi connectivity index (χ2n) is 2.76. The van der Waals surface area contributed by atoms with Crippen LogP contribution in [0.3, 0.4) is 0 Å². The third kappa shape index (κ3) is 3.24. The standard InChI is InChI=1S/C10H11ClO2S/c1-2-14-8-4-3-7(5-10(12)13)9(11)6-8/h3-4,6H,2,5H2,1H3,(H,12,13). The van der Waals surface area contributed by atoms with E-state index in [1.54, 1.807) is 17.8 Å². The number of benzene rings is 1. The SMILES string of the molecule is CCSc1ccc(CC(=O)O)c(Cl)c1. The molecule has 1 rings (SSSR count). The van der Waals surface area contributed by atoms with Gasteiger partial charge in [-0.15, -0.1) is 11.8 Å². The fraction of sp³-hybridized carbons (Fsp3) is 0.300. The van der Waals surface area contributed by atoms with Crippen LogP contribution in [-0.2, 0) is 11.2 Å². The lowest BCUT2D eigenvalue weighted by Crippen LogP contribution is -2.00. The Labute approximate surface area is 92.3 Å². The Morgan fingerprint density at radius 2 is 2.29 bits per heavy atom. The highest BCUT2D eigenvalue weighted by atomic mass is 35.5. The lowest BCUT2D eigenvalue weighted by molar-refractivity contribution is -0.136. The number of carboxylic acids is 1. The predicted molar refractivity (Wildman–Crippen MR) is 59.2 cm³/mol. The molecule has 0 bridgehead atoms. The van der Waals surface area contributed by atoms with E-state index in [4.69, 9.17) is 16.7 Å². The monoisotopic (exact) mass is 230 g/mol. The van der Waals surface area contributed by atoms with Gasteiger partial charge in [0.1, 0.15) is 0 Å². The van der Waals surface area contributed by atoms with Gasteiger partial charge in [-0.2, -0.15) is 0 Å². The summed E-state index contributed by atoms with van der Waals surface area (Å²) in [6.45, 7) is 2.06. The predicted octanol–water partition coefficient (Wildman–Crippen LogP) is 3.08. The highest BCUT2D eigenvalue weighted by molar-refractivity contribution is 7.99. The molecule has 0 atom stereocenters. The molecule has 1 N–H and O–H groups in total. The molecule has 0 heterocycles. The summed E-state index contributed by atoms with van der Waals surface area (Å²) in [6.07, 6.45) is -0.0180. The fourth-order valence-corrected chi connectivity index (χ4v) is 2.10. The van der Waals surface area contributed by atoms with E-state index in [1.807, 2.05) is 12.1 Å². The molecule has 4 heteroatoms. The van der Waals surface area contributed by atoms with E-state index in [9.17, 15) is 4.79 Å². The molecule has 2 nitrogen and oxygen atoms in total. The van der Waals surface area contributed by atoms with Gasteiger partial charge in [-0.25, -0.2) is 0 Å². The van der Waals surface area contributed by atoms with Crippen LogP contribution >= 0.6 is 23.4 Å². The first-order chi connectivity index (χ1) is 6.63. The van der Waals surface area contributed by atoms with Crippen LogP contribution in [0, 0.1) is 0 Å². The number of aliphatic carboxylic acids is 1. The van der Waals surface area contributed by atoms with Gasteiger partial charge < -0.3 is 5.11 Å². The number of rotatable bonds is 4. The van der Waals surface area contributed by atoms with Crippen molar-refractivity contribution in [1.82, 2.24) is 0 Å². The minimum atomic E-state index is -0.859. The smallest absolute Gasteiger partial charge is 0.307 e. The van der Waals surface area contributed by atoms with Crippen LogP contribution in [0.15, 0.2) is 23.1 Å². The number of carboxylic acid groups (broad SMARTS) is 1. The summed E-state index contributed by atoms with van der Waals surface area (Å²) in [4.78, 5) is 11.5. The summed E-state index contributed by atoms with van der Waals surface area (Å²) < 4.78 is 0. The minimum Gasteiger partial charge on any atom is -0.481 e. The van der Waals surface area contributed by atoms with Crippen molar-refractivity contribution in [2.45, 2.75) is 18.2 Å². The van der Waals surface area contributed by atoms with Gasteiger partial charge in [0.25, 0.3) is 0 Å². The van der Waals surface area contributed by atoms with E-state index in [0.29, 0.717) is 10.6 Å². The quantitative estimate of drug-likeness (QED) is 0.808. The zero-order valence-corrected chi connectivity index (χ0v) is 9.36. The van der Waals surface area contributed by atoms with Crippen LogP contribution in [0.1, 0.15) is 12.5 Å². The summed E-state index contributed by atoms with van der Waals surface area (Å²) in [5.41, 5.74) is 0.666. The van der Waals surface area contributed by atoms with Crippen molar-refractivity contribution in [3.8, 4) is 0 Å². The van der Waals surface area contributed by atoms with Gasteiger partial charge in [0, 0.05) is 9.92 Å². The molecular weight excluding hydrogens is 220 g/mol. The van der Waals surface area contributed by atoms with Crippen molar-refractivity contribution in [3.05, 3.63) is 28.8 Å². The minimum absolute atomic E-state index is 0.0180. The maximum absolute atomic E-state index is 10.5. The summed E-state index contributed by atoms with van der Waals surface area (Å²) in [6, 6.07) is 5.49. The van der Waals surface area contributed by atoms with Crippen LogP contribution < -0.4 is 0 Å². The van der Waals surface area contributed by atoms with Crippen molar-refractivity contribution in [1.29, 1.82) is 0 Å². The molecule has 0 spiro atoms. The van der Waals surface area contributed by atoms with Gasteiger partial charge in [0.05, 0.1) is 6.42 Å². The molecule has 1 aromatic carbocycles.